The lowest BCUT2D eigenvalue weighted by Gasteiger charge is -2.18. The molecule has 1 aliphatic carbocycles. The Morgan fingerprint density at radius 3 is 2.70 bits per heavy atom. The lowest BCUT2D eigenvalue weighted by Crippen LogP contribution is -2.30. The largest absolute Gasteiger partial charge is 0.462 e. The van der Waals surface area contributed by atoms with E-state index in [4.69, 9.17) is 9.47 Å². The first-order valence-electron chi connectivity index (χ1n) is 10.6. The van der Waals surface area contributed by atoms with Gasteiger partial charge in [0.15, 0.2) is 6.10 Å². The predicted octanol–water partition coefficient (Wildman–Crippen LogP) is 4.84. The van der Waals surface area contributed by atoms with Gasteiger partial charge in [0.25, 0.3) is 5.91 Å². The predicted molar refractivity (Wildman–Crippen MR) is 118 cm³/mol. The average molecular weight is 482 g/mol. The molecule has 33 heavy (non-hydrogen) atoms. The van der Waals surface area contributed by atoms with E-state index in [0.717, 1.165) is 35.8 Å². The second-order valence-electron chi connectivity index (χ2n) is 7.72. The number of carbonyl (C=O) groups excluding carboxylic acids is 3. The molecule has 10 heteroatoms. The van der Waals surface area contributed by atoms with Crippen LogP contribution in [-0.4, -0.2) is 37.2 Å². The molecule has 1 aromatic carbocycles. The van der Waals surface area contributed by atoms with Gasteiger partial charge >= 0.3 is 18.6 Å². The number of ether oxygens (including phenoxy) is 3. The lowest BCUT2D eigenvalue weighted by molar-refractivity contribution is -0.123. The van der Waals surface area contributed by atoms with Crippen LogP contribution in [0.15, 0.2) is 24.3 Å². The maximum Gasteiger partial charge on any atom is 0.387 e. The fourth-order valence-corrected chi connectivity index (χ4v) is 4.95. The van der Waals surface area contributed by atoms with Crippen LogP contribution in [-0.2, 0) is 27.1 Å². The van der Waals surface area contributed by atoms with E-state index in [2.05, 4.69) is 17.0 Å². The van der Waals surface area contributed by atoms with Crippen molar-refractivity contribution in [2.75, 3.05) is 11.9 Å². The molecule has 2 aromatic rings. The summed E-state index contributed by atoms with van der Waals surface area (Å²) in [5, 5.41) is 3.06. The molecular weight excluding hydrogens is 456 g/mol. The van der Waals surface area contributed by atoms with Crippen LogP contribution in [0.2, 0.25) is 0 Å². The fraction of sp³-hybridized carbons (Fsp3) is 0.435. The van der Waals surface area contributed by atoms with Crippen molar-refractivity contribution in [3.05, 3.63) is 45.8 Å². The van der Waals surface area contributed by atoms with Gasteiger partial charge in [0, 0.05) is 4.88 Å². The molecule has 1 aromatic heterocycles. The number of halogens is 2. The Bertz CT molecular complexity index is 1040. The highest BCUT2D eigenvalue weighted by Gasteiger charge is 2.30. The fourth-order valence-electron chi connectivity index (χ4n) is 3.55. The Morgan fingerprint density at radius 1 is 1.24 bits per heavy atom. The van der Waals surface area contributed by atoms with Crippen molar-refractivity contribution in [3.8, 4) is 5.75 Å². The van der Waals surface area contributed by atoms with Gasteiger partial charge in [-0.25, -0.2) is 9.59 Å². The summed E-state index contributed by atoms with van der Waals surface area (Å²) in [6.07, 6.45) is 1.26. The quantitative estimate of drug-likeness (QED) is 0.543. The maximum atomic E-state index is 12.7. The smallest absolute Gasteiger partial charge is 0.387 e. The van der Waals surface area contributed by atoms with Gasteiger partial charge in [-0.3, -0.25) is 4.79 Å². The van der Waals surface area contributed by atoms with Gasteiger partial charge < -0.3 is 19.5 Å². The van der Waals surface area contributed by atoms with Gasteiger partial charge in [-0.1, -0.05) is 13.0 Å². The Hall–Kier alpha value is -3.01. The first kappa shape index (κ1) is 24.6. The number of esters is 2. The van der Waals surface area contributed by atoms with Crippen molar-refractivity contribution in [1.82, 2.24) is 0 Å². The minimum Gasteiger partial charge on any atom is -0.462 e. The zero-order valence-electron chi connectivity index (χ0n) is 18.5. The van der Waals surface area contributed by atoms with Gasteiger partial charge in [-0.2, -0.15) is 8.78 Å². The highest BCUT2D eigenvalue weighted by molar-refractivity contribution is 7.17. The lowest BCUT2D eigenvalue weighted by atomic mass is 9.88. The molecule has 1 amide bonds. The number of benzene rings is 1. The van der Waals surface area contributed by atoms with E-state index in [1.807, 2.05) is 0 Å². The van der Waals surface area contributed by atoms with Gasteiger partial charge in [-0.05, 0) is 62.8 Å². The highest BCUT2D eigenvalue weighted by Crippen LogP contribution is 2.40. The van der Waals surface area contributed by atoms with Crippen LogP contribution in [0.3, 0.4) is 0 Å². The first-order chi connectivity index (χ1) is 15.7. The summed E-state index contributed by atoms with van der Waals surface area (Å²) < 4.78 is 39.5. The minimum atomic E-state index is -3.03. The van der Waals surface area contributed by atoms with E-state index in [-0.39, 0.29) is 17.9 Å². The molecule has 7 nitrogen and oxygen atoms in total. The zero-order chi connectivity index (χ0) is 24.1. The van der Waals surface area contributed by atoms with Crippen LogP contribution in [0.5, 0.6) is 5.75 Å². The number of nitrogens with one attached hydrogen (secondary N) is 1. The molecule has 0 fully saturated rings. The summed E-state index contributed by atoms with van der Waals surface area (Å²) in [7, 11) is 0. The summed E-state index contributed by atoms with van der Waals surface area (Å²) in [6.45, 7) is 2.39. The average Bonchev–Trinajstić information content (AvgIpc) is 3.10. The van der Waals surface area contributed by atoms with Crippen molar-refractivity contribution in [2.45, 2.75) is 52.7 Å². The third kappa shape index (κ3) is 6.07. The SMILES string of the molecule is CCOC(=O)c1c(NC(=O)[C@@H](C)OC(=O)c2cccc(OC(F)F)c2)sc2c1CC[C@H](C)C2. The van der Waals surface area contributed by atoms with E-state index in [0.29, 0.717) is 16.5 Å². The maximum absolute atomic E-state index is 12.7. The molecule has 0 saturated heterocycles. The molecule has 1 heterocycles. The van der Waals surface area contributed by atoms with Crippen molar-refractivity contribution in [3.63, 3.8) is 0 Å². The number of thiophene rings is 1. The second-order valence-corrected chi connectivity index (χ2v) is 8.82. The van der Waals surface area contributed by atoms with Crippen molar-refractivity contribution in [2.24, 2.45) is 5.92 Å². The van der Waals surface area contributed by atoms with Gasteiger partial charge in [0.05, 0.1) is 17.7 Å². The van der Waals surface area contributed by atoms with E-state index >= 15 is 0 Å². The first-order valence-corrected chi connectivity index (χ1v) is 11.4. The number of amides is 1. The van der Waals surface area contributed by atoms with Crippen molar-refractivity contribution in [1.29, 1.82) is 0 Å². The number of rotatable bonds is 8. The number of fused-ring (bicyclic) bond motifs is 1. The third-order valence-electron chi connectivity index (χ3n) is 5.18. The Labute approximate surface area is 194 Å². The molecule has 1 N–H and O–H groups in total. The van der Waals surface area contributed by atoms with Gasteiger partial charge in [-0.15, -0.1) is 11.3 Å². The van der Waals surface area contributed by atoms with Crippen LogP contribution in [0.4, 0.5) is 13.8 Å². The molecule has 0 saturated carbocycles. The van der Waals surface area contributed by atoms with Crippen molar-refractivity contribution >= 4 is 34.2 Å². The van der Waals surface area contributed by atoms with Gasteiger partial charge in [0.1, 0.15) is 10.8 Å². The summed E-state index contributed by atoms with van der Waals surface area (Å²) in [6, 6.07) is 5.10. The second kappa shape index (κ2) is 10.7. The third-order valence-corrected chi connectivity index (χ3v) is 6.35. The number of hydrogen-bond donors (Lipinski definition) is 1. The topological polar surface area (TPSA) is 90.9 Å². The molecule has 0 unspecified atom stereocenters. The number of carbonyl (C=O) groups is 3. The molecule has 0 bridgehead atoms. The Balaban J connectivity index is 1.73. The van der Waals surface area contributed by atoms with Gasteiger partial charge in [0.2, 0.25) is 0 Å². The van der Waals surface area contributed by atoms with Crippen LogP contribution in [0, 0.1) is 5.92 Å². The molecular formula is C23H25F2NO6S. The van der Waals surface area contributed by atoms with Crippen LogP contribution >= 0.6 is 11.3 Å². The molecule has 2 atom stereocenters. The van der Waals surface area contributed by atoms with Crippen molar-refractivity contribution < 1.29 is 37.4 Å². The highest BCUT2D eigenvalue weighted by atomic mass is 32.1. The Morgan fingerprint density at radius 2 is 2.00 bits per heavy atom. The monoisotopic (exact) mass is 481 g/mol. The molecule has 1 aliphatic rings. The van der Waals surface area contributed by atoms with E-state index in [1.54, 1.807) is 6.92 Å². The summed E-state index contributed by atoms with van der Waals surface area (Å²) in [5.74, 6) is -1.73. The van der Waals surface area contributed by atoms with E-state index in [1.165, 1.54) is 36.5 Å². The number of anilines is 1. The molecule has 0 radical (unpaired) electrons. The van der Waals surface area contributed by atoms with E-state index < -0.39 is 30.6 Å². The molecule has 0 aliphatic heterocycles. The summed E-state index contributed by atoms with van der Waals surface area (Å²) in [4.78, 5) is 38.8. The number of alkyl halides is 2. The normalized spacial score (nSPS) is 16.0. The standard InChI is InChI=1S/C23H25F2NO6S/c1-4-30-22(29)18-16-9-8-12(2)10-17(16)33-20(18)26-19(27)13(3)31-21(28)14-6-5-7-15(11-14)32-23(24)25/h5-7,11-13,23H,4,8-10H2,1-3H3,(H,26,27)/t12-,13+/m0/s1. The zero-order valence-corrected chi connectivity index (χ0v) is 19.3. The van der Waals surface area contributed by atoms with Crippen LogP contribution < -0.4 is 10.1 Å². The van der Waals surface area contributed by atoms with Crippen LogP contribution in [0.25, 0.3) is 0 Å². The van der Waals surface area contributed by atoms with Crippen LogP contribution in [0.1, 0.15) is 58.3 Å². The minimum absolute atomic E-state index is 0.0411. The number of hydrogen-bond acceptors (Lipinski definition) is 7. The molecule has 178 valence electrons. The summed E-state index contributed by atoms with van der Waals surface area (Å²) in [5.41, 5.74) is 1.21. The van der Waals surface area contributed by atoms with E-state index in [9.17, 15) is 23.2 Å². The summed E-state index contributed by atoms with van der Waals surface area (Å²) >= 11 is 1.33. The molecule has 3 rings (SSSR count). The molecule has 0 spiro atoms. The Kier molecular flexibility index (Phi) is 8.01.